The summed E-state index contributed by atoms with van der Waals surface area (Å²) < 4.78 is 46.1. The number of ether oxygens (including phenoxy) is 1. The Balaban J connectivity index is 1.69. The fourth-order valence-corrected chi connectivity index (χ4v) is 6.43. The molecule has 1 amide bonds. The lowest BCUT2D eigenvalue weighted by Crippen LogP contribution is -2.44. The number of piperidine rings is 1. The third-order valence-electron chi connectivity index (χ3n) is 6.21. The lowest BCUT2D eigenvalue weighted by Gasteiger charge is -2.32. The van der Waals surface area contributed by atoms with Crippen LogP contribution in [0.25, 0.3) is 0 Å². The summed E-state index contributed by atoms with van der Waals surface area (Å²) in [6.07, 6.45) is 0.639. The van der Waals surface area contributed by atoms with Gasteiger partial charge in [-0.2, -0.15) is 4.31 Å². The average molecular weight is 491 g/mol. The first kappa shape index (κ1) is 25.8. The Morgan fingerprint density at radius 1 is 1.09 bits per heavy atom. The van der Waals surface area contributed by atoms with E-state index in [0.717, 1.165) is 5.56 Å². The summed E-state index contributed by atoms with van der Waals surface area (Å²) in [4.78, 5) is 25.2. The molecule has 184 valence electrons. The number of halogens is 1. The minimum Gasteiger partial charge on any atom is -0.469 e. The van der Waals surface area contributed by atoms with Gasteiger partial charge in [0.2, 0.25) is 15.9 Å². The van der Waals surface area contributed by atoms with Crippen molar-refractivity contribution in [2.75, 3.05) is 20.2 Å². The maximum atomic E-state index is 13.3. The van der Waals surface area contributed by atoms with Gasteiger partial charge in [-0.3, -0.25) is 9.59 Å². The number of methoxy groups -OCH3 is 1. The third-order valence-corrected chi connectivity index (χ3v) is 8.42. The third kappa shape index (κ3) is 5.82. The van der Waals surface area contributed by atoms with Crippen LogP contribution in [0.15, 0.2) is 41.3 Å². The number of rotatable bonds is 7. The molecule has 1 saturated heterocycles. The van der Waals surface area contributed by atoms with Crippen molar-refractivity contribution < 1.29 is 27.1 Å². The first-order valence-corrected chi connectivity index (χ1v) is 12.7. The summed E-state index contributed by atoms with van der Waals surface area (Å²) in [6, 6.07) is 8.62. The number of hydrogen-bond acceptors (Lipinski definition) is 5. The molecule has 0 aromatic heterocycles. The number of carbonyl (C=O) groups is 2. The Morgan fingerprint density at radius 3 is 2.18 bits per heavy atom. The summed E-state index contributed by atoms with van der Waals surface area (Å²) in [6.45, 7) is 5.98. The Labute approximate surface area is 200 Å². The number of hydrogen-bond donors (Lipinski definition) is 1. The van der Waals surface area contributed by atoms with Crippen molar-refractivity contribution >= 4 is 21.9 Å². The van der Waals surface area contributed by atoms with E-state index in [-0.39, 0.29) is 25.4 Å². The topological polar surface area (TPSA) is 92.8 Å². The van der Waals surface area contributed by atoms with Gasteiger partial charge in [-0.1, -0.05) is 29.8 Å². The monoisotopic (exact) mass is 490 g/mol. The molecule has 1 atom stereocenters. The minimum atomic E-state index is -3.67. The summed E-state index contributed by atoms with van der Waals surface area (Å²) in [5.74, 6) is -1.58. The van der Waals surface area contributed by atoms with E-state index in [1.807, 2.05) is 19.1 Å². The number of nitrogens with one attached hydrogen (secondary N) is 1. The first-order chi connectivity index (χ1) is 16.0. The molecule has 1 N–H and O–H groups in total. The molecular formula is C25H31FN2O5S. The number of carbonyl (C=O) groups excluding carboxylic acids is 2. The van der Waals surface area contributed by atoms with Crippen LogP contribution >= 0.6 is 0 Å². The van der Waals surface area contributed by atoms with Crippen LogP contribution in [0.1, 0.15) is 47.6 Å². The van der Waals surface area contributed by atoms with Crippen molar-refractivity contribution in [3.05, 3.63) is 64.5 Å². The number of nitrogens with zero attached hydrogens (tertiary/aromatic N) is 1. The van der Waals surface area contributed by atoms with Crippen LogP contribution in [0.4, 0.5) is 4.39 Å². The Bertz CT molecular complexity index is 1130. The Hall–Kier alpha value is -2.78. The van der Waals surface area contributed by atoms with Crippen molar-refractivity contribution in [2.24, 2.45) is 5.92 Å². The van der Waals surface area contributed by atoms with E-state index >= 15 is 0 Å². The van der Waals surface area contributed by atoms with E-state index < -0.39 is 33.8 Å². The fraction of sp³-hybridized carbons (Fsp3) is 0.440. The number of esters is 1. The number of amides is 1. The Kier molecular flexibility index (Phi) is 8.09. The van der Waals surface area contributed by atoms with Gasteiger partial charge in [-0.15, -0.1) is 0 Å². The van der Waals surface area contributed by atoms with E-state index in [2.05, 4.69) is 5.32 Å². The SMILES string of the molecule is COC(=O)CC(NC(=O)C1CCN(S(=O)(=O)c2c(C)cc(C)cc2C)CC1)c1ccc(F)cc1. The second kappa shape index (κ2) is 10.7. The van der Waals surface area contributed by atoms with E-state index in [1.54, 1.807) is 13.8 Å². The molecule has 1 fully saturated rings. The molecule has 0 spiro atoms. The first-order valence-electron chi connectivity index (χ1n) is 11.2. The van der Waals surface area contributed by atoms with E-state index in [9.17, 15) is 22.4 Å². The fourth-order valence-electron chi connectivity index (χ4n) is 4.55. The largest absolute Gasteiger partial charge is 0.469 e. The van der Waals surface area contributed by atoms with Crippen LogP contribution in [0.2, 0.25) is 0 Å². The second-order valence-corrected chi connectivity index (χ2v) is 10.7. The molecule has 2 aromatic rings. The van der Waals surface area contributed by atoms with E-state index in [1.165, 1.54) is 35.7 Å². The zero-order valence-corrected chi connectivity index (χ0v) is 20.7. The molecule has 1 aliphatic heterocycles. The quantitative estimate of drug-likeness (QED) is 0.599. The lowest BCUT2D eigenvalue weighted by atomic mass is 9.95. The van der Waals surface area contributed by atoms with Gasteiger partial charge in [0.05, 0.1) is 24.5 Å². The maximum Gasteiger partial charge on any atom is 0.307 e. The lowest BCUT2D eigenvalue weighted by molar-refractivity contribution is -0.141. The molecule has 3 rings (SSSR count). The highest BCUT2D eigenvalue weighted by Gasteiger charge is 2.34. The van der Waals surface area contributed by atoms with Crippen molar-refractivity contribution in [2.45, 2.75) is 51.0 Å². The van der Waals surface area contributed by atoms with Crippen LogP contribution in [0.3, 0.4) is 0 Å². The highest BCUT2D eigenvalue weighted by atomic mass is 32.2. The van der Waals surface area contributed by atoms with Crippen LogP contribution in [0.5, 0.6) is 0 Å². The summed E-state index contributed by atoms with van der Waals surface area (Å²) >= 11 is 0. The molecule has 2 aromatic carbocycles. The standard InChI is InChI=1S/C25H31FN2O5S/c1-16-13-17(2)24(18(3)14-16)34(31,32)28-11-9-20(10-12-28)25(30)27-22(15-23(29)33-4)19-5-7-21(26)8-6-19/h5-8,13-14,20,22H,9-12,15H2,1-4H3,(H,27,30). The van der Waals surface area contributed by atoms with Crippen LogP contribution in [0, 0.1) is 32.5 Å². The van der Waals surface area contributed by atoms with Crippen LogP contribution in [-0.4, -0.2) is 44.8 Å². The van der Waals surface area contributed by atoms with Crippen LogP contribution < -0.4 is 5.32 Å². The molecule has 7 nitrogen and oxygen atoms in total. The van der Waals surface area contributed by atoms with Gasteiger partial charge >= 0.3 is 5.97 Å². The number of aryl methyl sites for hydroxylation is 3. The molecule has 1 unspecified atom stereocenters. The minimum absolute atomic E-state index is 0.0902. The Morgan fingerprint density at radius 2 is 1.65 bits per heavy atom. The summed E-state index contributed by atoms with van der Waals surface area (Å²) in [5, 5.41) is 2.87. The van der Waals surface area contributed by atoms with Crippen molar-refractivity contribution in [1.29, 1.82) is 0 Å². The maximum absolute atomic E-state index is 13.3. The van der Waals surface area contributed by atoms with Gasteiger partial charge in [-0.25, -0.2) is 12.8 Å². The van der Waals surface area contributed by atoms with Gasteiger partial charge in [0.15, 0.2) is 0 Å². The molecular weight excluding hydrogens is 459 g/mol. The normalized spacial score (nSPS) is 16.1. The van der Waals surface area contributed by atoms with Crippen LogP contribution in [-0.2, 0) is 24.3 Å². The molecule has 0 bridgehead atoms. The van der Waals surface area contributed by atoms with Crippen molar-refractivity contribution in [3.63, 3.8) is 0 Å². The molecule has 1 heterocycles. The smallest absolute Gasteiger partial charge is 0.307 e. The van der Waals surface area contributed by atoms with Gasteiger partial charge in [0, 0.05) is 19.0 Å². The molecule has 0 radical (unpaired) electrons. The van der Waals surface area contributed by atoms with Gasteiger partial charge in [-0.05, 0) is 62.4 Å². The highest BCUT2D eigenvalue weighted by molar-refractivity contribution is 7.89. The predicted octanol–water partition coefficient (Wildman–Crippen LogP) is 3.57. The van der Waals surface area contributed by atoms with Gasteiger partial charge < -0.3 is 10.1 Å². The molecule has 9 heteroatoms. The molecule has 0 aliphatic carbocycles. The molecule has 1 aliphatic rings. The number of sulfonamides is 1. The van der Waals surface area contributed by atoms with Gasteiger partial charge in [0.25, 0.3) is 0 Å². The summed E-state index contributed by atoms with van der Waals surface area (Å²) in [7, 11) is -2.41. The van der Waals surface area contributed by atoms with E-state index in [4.69, 9.17) is 4.74 Å². The zero-order valence-electron chi connectivity index (χ0n) is 19.9. The highest BCUT2D eigenvalue weighted by Crippen LogP contribution is 2.29. The number of benzene rings is 2. The summed E-state index contributed by atoms with van der Waals surface area (Å²) in [5.41, 5.74) is 3.02. The second-order valence-electron chi connectivity index (χ2n) is 8.80. The van der Waals surface area contributed by atoms with Crippen molar-refractivity contribution in [1.82, 2.24) is 9.62 Å². The van der Waals surface area contributed by atoms with Gasteiger partial charge in [0.1, 0.15) is 5.82 Å². The predicted molar refractivity (Wildman–Crippen MR) is 126 cm³/mol. The van der Waals surface area contributed by atoms with Crippen molar-refractivity contribution in [3.8, 4) is 0 Å². The zero-order chi connectivity index (χ0) is 25.0. The van der Waals surface area contributed by atoms with E-state index in [0.29, 0.717) is 34.4 Å². The average Bonchev–Trinajstić information content (AvgIpc) is 2.78. The molecule has 0 saturated carbocycles. The molecule has 34 heavy (non-hydrogen) atoms.